The maximum absolute atomic E-state index is 12.1. The van der Waals surface area contributed by atoms with Crippen LogP contribution in [-0.4, -0.2) is 29.2 Å². The minimum atomic E-state index is -0.169. The molecule has 0 radical (unpaired) electrons. The maximum atomic E-state index is 12.1. The van der Waals surface area contributed by atoms with Gasteiger partial charge in [0.15, 0.2) is 5.78 Å². The Hall–Kier alpha value is -1.16. The highest BCUT2D eigenvalue weighted by atomic mass is 32.1. The molecular weight excluding hydrogens is 210 g/mol. The molecule has 1 unspecified atom stereocenters. The molecule has 2 aliphatic heterocycles. The van der Waals surface area contributed by atoms with Gasteiger partial charge in [-0.3, -0.25) is 9.59 Å². The summed E-state index contributed by atoms with van der Waals surface area (Å²) in [5.41, 5.74) is 0.921. The van der Waals surface area contributed by atoms with E-state index in [1.807, 2.05) is 11.4 Å². The number of carbonyl (C=O) groups is 2. The molecular formula is C11H11NO2S. The van der Waals surface area contributed by atoms with Crippen LogP contribution < -0.4 is 0 Å². The summed E-state index contributed by atoms with van der Waals surface area (Å²) < 4.78 is 0. The summed E-state index contributed by atoms with van der Waals surface area (Å²) in [6.07, 6.45) is 2.20. The van der Waals surface area contributed by atoms with Crippen LogP contribution in [0.2, 0.25) is 0 Å². The van der Waals surface area contributed by atoms with Crippen molar-refractivity contribution in [3.8, 4) is 0 Å². The van der Waals surface area contributed by atoms with E-state index in [2.05, 4.69) is 0 Å². The van der Waals surface area contributed by atoms with Gasteiger partial charge in [0.25, 0.3) is 0 Å². The average molecular weight is 221 g/mol. The van der Waals surface area contributed by atoms with E-state index in [9.17, 15) is 9.59 Å². The lowest BCUT2D eigenvalue weighted by molar-refractivity contribution is -0.130. The molecule has 0 bridgehead atoms. The van der Waals surface area contributed by atoms with Crippen molar-refractivity contribution in [1.82, 2.24) is 4.90 Å². The summed E-state index contributed by atoms with van der Waals surface area (Å²) >= 11 is 1.47. The first-order valence-electron chi connectivity index (χ1n) is 5.17. The fourth-order valence-corrected chi connectivity index (χ4v) is 3.36. The molecule has 1 aromatic rings. The number of carbonyl (C=O) groups excluding carboxylic acids is 2. The lowest BCUT2D eigenvalue weighted by atomic mass is 10.1. The third-order valence-corrected chi connectivity index (χ3v) is 4.16. The fraction of sp³-hybridized carbons (Fsp3) is 0.455. The Bertz CT molecular complexity index is 438. The molecule has 3 nitrogen and oxygen atoms in total. The molecule has 3 rings (SSSR count). The lowest BCUT2D eigenvalue weighted by Gasteiger charge is -2.20. The summed E-state index contributed by atoms with van der Waals surface area (Å²) in [5, 5.41) is 1.90. The van der Waals surface area contributed by atoms with E-state index in [0.29, 0.717) is 6.42 Å². The number of rotatable bonds is 0. The second kappa shape index (κ2) is 3.17. The minimum absolute atomic E-state index is 0.114. The highest BCUT2D eigenvalue weighted by Crippen LogP contribution is 2.30. The molecule has 0 spiro atoms. The standard InChI is InChI=1S/C11H11NO2S/c13-9-6-7-3-5-15-11(7)10(14)8-2-1-4-12(8)9/h3,5,8H,1-2,4,6H2. The zero-order valence-electron chi connectivity index (χ0n) is 8.23. The minimum Gasteiger partial charge on any atom is -0.332 e. The first kappa shape index (κ1) is 9.09. The molecule has 0 saturated carbocycles. The van der Waals surface area contributed by atoms with Crippen LogP contribution in [0.15, 0.2) is 11.4 Å². The smallest absolute Gasteiger partial charge is 0.227 e. The van der Waals surface area contributed by atoms with Gasteiger partial charge in [0.05, 0.1) is 17.3 Å². The molecule has 3 heterocycles. The number of ketones is 1. The van der Waals surface area contributed by atoms with Gasteiger partial charge >= 0.3 is 0 Å². The van der Waals surface area contributed by atoms with E-state index in [-0.39, 0.29) is 17.7 Å². The Morgan fingerprint density at radius 1 is 1.40 bits per heavy atom. The van der Waals surface area contributed by atoms with E-state index in [1.54, 1.807) is 4.90 Å². The summed E-state index contributed by atoms with van der Waals surface area (Å²) in [5.74, 6) is 0.270. The van der Waals surface area contributed by atoms with E-state index in [1.165, 1.54) is 11.3 Å². The van der Waals surface area contributed by atoms with Gasteiger partial charge in [0.1, 0.15) is 0 Å². The monoisotopic (exact) mass is 221 g/mol. The number of hydrogen-bond donors (Lipinski definition) is 0. The zero-order valence-corrected chi connectivity index (χ0v) is 9.05. The summed E-state index contributed by atoms with van der Waals surface area (Å²) in [6.45, 7) is 0.754. The van der Waals surface area contributed by atoms with Gasteiger partial charge in [0.2, 0.25) is 5.91 Å². The number of fused-ring (bicyclic) bond motifs is 2. The van der Waals surface area contributed by atoms with Gasteiger partial charge in [-0.25, -0.2) is 0 Å². The van der Waals surface area contributed by atoms with Crippen molar-refractivity contribution in [2.45, 2.75) is 25.3 Å². The highest BCUT2D eigenvalue weighted by Gasteiger charge is 2.38. The number of hydrogen-bond acceptors (Lipinski definition) is 3. The van der Waals surface area contributed by atoms with Crippen molar-refractivity contribution in [3.05, 3.63) is 21.9 Å². The van der Waals surface area contributed by atoms with Gasteiger partial charge < -0.3 is 4.90 Å². The molecule has 1 aromatic heterocycles. The molecule has 1 fully saturated rings. The molecule has 1 atom stereocenters. The van der Waals surface area contributed by atoms with Crippen LogP contribution in [0.4, 0.5) is 0 Å². The molecule has 0 N–H and O–H groups in total. The SMILES string of the molecule is O=C1c2sccc2CC(=O)N2CCCC12. The van der Waals surface area contributed by atoms with E-state index in [0.717, 1.165) is 29.8 Å². The largest absolute Gasteiger partial charge is 0.332 e. The molecule has 2 aliphatic rings. The van der Waals surface area contributed by atoms with Crippen LogP contribution in [0, 0.1) is 0 Å². The van der Waals surface area contributed by atoms with E-state index < -0.39 is 0 Å². The quantitative estimate of drug-likeness (QED) is 0.665. The Balaban J connectivity index is 2.09. The first-order chi connectivity index (χ1) is 7.27. The highest BCUT2D eigenvalue weighted by molar-refractivity contribution is 7.12. The van der Waals surface area contributed by atoms with Crippen LogP contribution in [-0.2, 0) is 11.2 Å². The second-order valence-electron chi connectivity index (χ2n) is 4.06. The van der Waals surface area contributed by atoms with Crippen LogP contribution >= 0.6 is 11.3 Å². The van der Waals surface area contributed by atoms with Gasteiger partial charge in [-0.1, -0.05) is 0 Å². The van der Waals surface area contributed by atoms with Crippen LogP contribution in [0.3, 0.4) is 0 Å². The molecule has 15 heavy (non-hydrogen) atoms. The predicted molar refractivity (Wildman–Crippen MR) is 57.1 cm³/mol. The Kier molecular flexibility index (Phi) is 1.92. The number of nitrogens with zero attached hydrogens (tertiary/aromatic N) is 1. The molecule has 1 saturated heterocycles. The number of amides is 1. The molecule has 78 valence electrons. The molecule has 0 aliphatic carbocycles. The third kappa shape index (κ3) is 1.24. The third-order valence-electron chi connectivity index (χ3n) is 3.19. The van der Waals surface area contributed by atoms with Crippen molar-refractivity contribution < 1.29 is 9.59 Å². The summed E-state index contributed by atoms with van der Waals surface area (Å²) in [4.78, 5) is 26.6. The van der Waals surface area contributed by atoms with Crippen molar-refractivity contribution >= 4 is 23.0 Å². The first-order valence-corrected chi connectivity index (χ1v) is 6.05. The average Bonchev–Trinajstić information content (AvgIpc) is 2.82. The van der Waals surface area contributed by atoms with Crippen LogP contribution in [0.5, 0.6) is 0 Å². The summed E-state index contributed by atoms with van der Waals surface area (Å²) in [7, 11) is 0. The Morgan fingerprint density at radius 2 is 2.27 bits per heavy atom. The van der Waals surface area contributed by atoms with Gasteiger partial charge in [-0.15, -0.1) is 11.3 Å². The molecule has 0 aromatic carbocycles. The van der Waals surface area contributed by atoms with Crippen molar-refractivity contribution in [2.75, 3.05) is 6.54 Å². The van der Waals surface area contributed by atoms with Crippen molar-refractivity contribution in [2.24, 2.45) is 0 Å². The van der Waals surface area contributed by atoms with Gasteiger partial charge in [-0.2, -0.15) is 0 Å². The van der Waals surface area contributed by atoms with E-state index in [4.69, 9.17) is 0 Å². The number of Topliss-reactive ketones (excluding diaryl/α,β-unsaturated/α-hetero) is 1. The normalized spacial score (nSPS) is 25.1. The topological polar surface area (TPSA) is 37.4 Å². The zero-order chi connectivity index (χ0) is 10.4. The van der Waals surface area contributed by atoms with Gasteiger partial charge in [0, 0.05) is 6.54 Å². The summed E-state index contributed by atoms with van der Waals surface area (Å²) in [6, 6.07) is 1.73. The van der Waals surface area contributed by atoms with Crippen LogP contribution in [0.25, 0.3) is 0 Å². The van der Waals surface area contributed by atoms with Gasteiger partial charge in [-0.05, 0) is 29.9 Å². The predicted octanol–water partition coefficient (Wildman–Crippen LogP) is 1.48. The van der Waals surface area contributed by atoms with Crippen molar-refractivity contribution in [1.29, 1.82) is 0 Å². The maximum Gasteiger partial charge on any atom is 0.227 e. The Labute approximate surface area is 91.7 Å². The molecule has 1 amide bonds. The van der Waals surface area contributed by atoms with Crippen molar-refractivity contribution in [3.63, 3.8) is 0 Å². The van der Waals surface area contributed by atoms with Crippen LogP contribution in [0.1, 0.15) is 28.1 Å². The fourth-order valence-electron chi connectivity index (χ4n) is 2.44. The lowest BCUT2D eigenvalue weighted by Crippen LogP contribution is -2.38. The second-order valence-corrected chi connectivity index (χ2v) is 4.98. The number of thiophene rings is 1. The van der Waals surface area contributed by atoms with E-state index >= 15 is 0 Å². The molecule has 4 heteroatoms. The Morgan fingerprint density at radius 3 is 3.13 bits per heavy atom.